The Hall–Kier alpha value is -2.65. The zero-order chi connectivity index (χ0) is 26.5. The molecule has 0 spiro atoms. The summed E-state index contributed by atoms with van der Waals surface area (Å²) < 4.78 is 39.8. The number of amides is 2. The maximum Gasteiger partial charge on any atom is 0.244 e. The van der Waals surface area contributed by atoms with Crippen LogP contribution < -0.4 is 9.62 Å². The number of halogens is 2. The molecule has 196 valence electrons. The van der Waals surface area contributed by atoms with E-state index >= 15 is 0 Å². The van der Waals surface area contributed by atoms with Crippen molar-refractivity contribution in [1.82, 2.24) is 10.2 Å². The lowest BCUT2D eigenvalue weighted by atomic mass is 9.95. The number of nitrogens with zero attached hydrogens (tertiary/aromatic N) is 2. The van der Waals surface area contributed by atoms with Gasteiger partial charge < -0.3 is 10.2 Å². The second-order valence-electron chi connectivity index (χ2n) is 9.34. The summed E-state index contributed by atoms with van der Waals surface area (Å²) in [5.41, 5.74) is 1.85. The number of hydrogen-bond acceptors (Lipinski definition) is 4. The fourth-order valence-electron chi connectivity index (χ4n) is 4.38. The van der Waals surface area contributed by atoms with Crippen LogP contribution in [0.25, 0.3) is 0 Å². The summed E-state index contributed by atoms with van der Waals surface area (Å²) in [5, 5.41) is 2.80. The highest BCUT2D eigenvalue weighted by Crippen LogP contribution is 2.25. The third-order valence-corrected chi connectivity index (χ3v) is 8.02. The maximum atomic E-state index is 13.7. The van der Waals surface area contributed by atoms with Crippen LogP contribution in [0.3, 0.4) is 0 Å². The monoisotopic (exact) mass is 537 g/mol. The van der Waals surface area contributed by atoms with Crippen molar-refractivity contribution in [2.75, 3.05) is 17.1 Å². The van der Waals surface area contributed by atoms with Gasteiger partial charge in [-0.25, -0.2) is 12.8 Å². The number of benzene rings is 2. The minimum absolute atomic E-state index is 0.0624. The first-order valence-corrected chi connectivity index (χ1v) is 14.3. The van der Waals surface area contributed by atoms with Gasteiger partial charge in [0.25, 0.3) is 0 Å². The number of rotatable bonds is 9. The molecule has 10 heteroatoms. The van der Waals surface area contributed by atoms with E-state index in [1.165, 1.54) is 11.0 Å². The van der Waals surface area contributed by atoms with Crippen molar-refractivity contribution in [3.63, 3.8) is 0 Å². The molecule has 0 aromatic heterocycles. The first kappa shape index (κ1) is 27.9. The minimum atomic E-state index is -3.92. The van der Waals surface area contributed by atoms with Crippen molar-refractivity contribution in [1.29, 1.82) is 0 Å². The lowest BCUT2D eigenvalue weighted by Crippen LogP contribution is -2.53. The van der Waals surface area contributed by atoms with E-state index in [-0.39, 0.29) is 29.2 Å². The van der Waals surface area contributed by atoms with Gasteiger partial charge in [0.2, 0.25) is 21.8 Å². The van der Waals surface area contributed by atoms with Gasteiger partial charge in [-0.15, -0.1) is 0 Å². The Labute approximate surface area is 217 Å². The third kappa shape index (κ3) is 7.20. The average Bonchev–Trinajstić information content (AvgIpc) is 2.83. The van der Waals surface area contributed by atoms with Crippen molar-refractivity contribution >= 4 is 39.1 Å². The molecule has 36 heavy (non-hydrogen) atoms. The minimum Gasteiger partial charge on any atom is -0.352 e. The molecule has 0 saturated heterocycles. The zero-order valence-electron chi connectivity index (χ0n) is 20.8. The van der Waals surface area contributed by atoms with Gasteiger partial charge in [-0.3, -0.25) is 13.9 Å². The fourth-order valence-corrected chi connectivity index (χ4v) is 5.39. The first-order chi connectivity index (χ1) is 17.0. The Morgan fingerprint density at radius 2 is 1.81 bits per heavy atom. The van der Waals surface area contributed by atoms with Crippen LogP contribution in [0.5, 0.6) is 0 Å². The van der Waals surface area contributed by atoms with Crippen LogP contribution in [0.2, 0.25) is 5.02 Å². The van der Waals surface area contributed by atoms with Crippen LogP contribution >= 0.6 is 11.6 Å². The average molecular weight is 538 g/mol. The molecular formula is C26H33ClFN3O4S. The summed E-state index contributed by atoms with van der Waals surface area (Å²) in [6.45, 7) is 3.13. The fraction of sp³-hybridized carbons (Fsp3) is 0.462. The van der Waals surface area contributed by atoms with Gasteiger partial charge in [0, 0.05) is 12.6 Å². The highest BCUT2D eigenvalue weighted by molar-refractivity contribution is 7.92. The largest absolute Gasteiger partial charge is 0.352 e. The normalized spacial score (nSPS) is 15.2. The van der Waals surface area contributed by atoms with Crippen LogP contribution in [-0.2, 0) is 26.2 Å². The SMILES string of the molecule is Cc1ccccc1CN(C(=O)CN(c1ccc(F)c(Cl)c1)S(C)(=O)=O)[C@@H](C)C(=O)NC1CCCCC1. The van der Waals surface area contributed by atoms with Crippen LogP contribution in [0.15, 0.2) is 42.5 Å². The van der Waals surface area contributed by atoms with Crippen LogP contribution in [-0.4, -0.2) is 50.0 Å². The number of aryl methyl sites for hydroxylation is 1. The number of sulfonamides is 1. The number of anilines is 1. The van der Waals surface area contributed by atoms with Gasteiger partial charge in [0.05, 0.1) is 17.0 Å². The van der Waals surface area contributed by atoms with E-state index < -0.39 is 34.3 Å². The summed E-state index contributed by atoms with van der Waals surface area (Å²) in [7, 11) is -3.92. The zero-order valence-corrected chi connectivity index (χ0v) is 22.4. The molecule has 1 aliphatic carbocycles. The molecule has 0 unspecified atom stereocenters. The van der Waals surface area contributed by atoms with E-state index in [0.717, 1.165) is 65.9 Å². The molecule has 3 rings (SSSR count). The molecule has 1 aliphatic rings. The van der Waals surface area contributed by atoms with Crippen molar-refractivity contribution < 1.29 is 22.4 Å². The molecular weight excluding hydrogens is 505 g/mol. The molecule has 0 bridgehead atoms. The molecule has 1 atom stereocenters. The highest BCUT2D eigenvalue weighted by Gasteiger charge is 2.31. The standard InChI is InChI=1S/C26H33ClFN3O4S/c1-18-9-7-8-10-20(18)16-30(19(2)26(33)29-21-11-5-4-6-12-21)25(32)17-31(36(3,34)35)22-13-14-24(28)23(27)15-22/h7-10,13-15,19,21H,4-6,11-12,16-17H2,1-3H3,(H,29,33)/t19-/m0/s1. The molecule has 1 saturated carbocycles. The molecule has 1 N–H and O–H groups in total. The summed E-state index contributed by atoms with van der Waals surface area (Å²) in [4.78, 5) is 28.2. The molecule has 7 nitrogen and oxygen atoms in total. The van der Waals surface area contributed by atoms with Gasteiger partial charge in [-0.1, -0.05) is 55.1 Å². The van der Waals surface area contributed by atoms with E-state index in [2.05, 4.69) is 5.32 Å². The number of carbonyl (C=O) groups excluding carboxylic acids is 2. The Morgan fingerprint density at radius 3 is 2.42 bits per heavy atom. The number of carbonyl (C=O) groups is 2. The van der Waals surface area contributed by atoms with E-state index in [4.69, 9.17) is 11.6 Å². The summed E-state index contributed by atoms with van der Waals surface area (Å²) >= 11 is 5.87. The van der Waals surface area contributed by atoms with Crippen molar-refractivity contribution in [2.45, 2.75) is 64.6 Å². The van der Waals surface area contributed by atoms with Gasteiger partial charge in [-0.05, 0) is 56.0 Å². The van der Waals surface area contributed by atoms with Crippen LogP contribution in [0.4, 0.5) is 10.1 Å². The molecule has 2 aromatic carbocycles. The third-order valence-electron chi connectivity index (χ3n) is 6.59. The van der Waals surface area contributed by atoms with Crippen LogP contribution in [0.1, 0.15) is 50.2 Å². The van der Waals surface area contributed by atoms with Gasteiger partial charge in [-0.2, -0.15) is 0 Å². The molecule has 2 aromatic rings. The predicted octanol–water partition coefficient (Wildman–Crippen LogP) is 4.42. The Morgan fingerprint density at radius 1 is 1.14 bits per heavy atom. The van der Waals surface area contributed by atoms with E-state index in [1.807, 2.05) is 31.2 Å². The Balaban J connectivity index is 1.89. The quantitative estimate of drug-likeness (QED) is 0.513. The van der Waals surface area contributed by atoms with E-state index in [1.54, 1.807) is 6.92 Å². The second kappa shape index (κ2) is 12.1. The topological polar surface area (TPSA) is 86.8 Å². The highest BCUT2D eigenvalue weighted by atomic mass is 35.5. The smallest absolute Gasteiger partial charge is 0.244 e. The van der Waals surface area contributed by atoms with E-state index in [0.29, 0.717) is 0 Å². The molecule has 0 heterocycles. The van der Waals surface area contributed by atoms with Gasteiger partial charge >= 0.3 is 0 Å². The predicted molar refractivity (Wildman–Crippen MR) is 140 cm³/mol. The molecule has 0 radical (unpaired) electrons. The van der Waals surface area contributed by atoms with Crippen LogP contribution in [0, 0.1) is 12.7 Å². The van der Waals surface area contributed by atoms with Crippen molar-refractivity contribution in [3.05, 3.63) is 64.4 Å². The lowest BCUT2D eigenvalue weighted by molar-refractivity contribution is -0.139. The Kier molecular flexibility index (Phi) is 9.35. The maximum absolute atomic E-state index is 13.7. The molecule has 1 fully saturated rings. The summed E-state index contributed by atoms with van der Waals surface area (Å²) in [6, 6.07) is 10.2. The van der Waals surface area contributed by atoms with Gasteiger partial charge in [0.1, 0.15) is 18.4 Å². The molecule has 2 amide bonds. The summed E-state index contributed by atoms with van der Waals surface area (Å²) in [5.74, 6) is -1.54. The van der Waals surface area contributed by atoms with Crippen molar-refractivity contribution in [2.24, 2.45) is 0 Å². The Bertz CT molecular complexity index is 1200. The number of nitrogens with one attached hydrogen (secondary N) is 1. The van der Waals surface area contributed by atoms with Crippen molar-refractivity contribution in [3.8, 4) is 0 Å². The van der Waals surface area contributed by atoms with E-state index in [9.17, 15) is 22.4 Å². The second-order valence-corrected chi connectivity index (χ2v) is 11.6. The molecule has 0 aliphatic heterocycles. The lowest BCUT2D eigenvalue weighted by Gasteiger charge is -2.33. The van der Waals surface area contributed by atoms with Gasteiger partial charge in [0.15, 0.2) is 0 Å². The first-order valence-electron chi connectivity index (χ1n) is 12.0. The number of hydrogen-bond donors (Lipinski definition) is 1. The summed E-state index contributed by atoms with van der Waals surface area (Å²) in [6.07, 6.45) is 6.01.